The summed E-state index contributed by atoms with van der Waals surface area (Å²) in [7, 11) is 0. The van der Waals surface area contributed by atoms with Gasteiger partial charge in [0.05, 0.1) is 11.7 Å². The second-order valence-corrected chi connectivity index (χ2v) is 9.48. The summed E-state index contributed by atoms with van der Waals surface area (Å²) in [5, 5.41) is 6.14. The number of nitrogens with zero attached hydrogens (tertiary/aromatic N) is 1. The van der Waals surface area contributed by atoms with Crippen LogP contribution in [0.25, 0.3) is 0 Å². The number of carbonyl (C=O) groups excluding carboxylic acids is 2. The second kappa shape index (κ2) is 12.2. The first-order valence-electron chi connectivity index (χ1n) is 12.6. The maximum absolute atomic E-state index is 13.2. The molecule has 6 heteroatoms. The normalized spacial score (nSPS) is 20.2. The number of nitrogens with one attached hydrogen (secondary N) is 2. The number of carbonyl (C=O) groups is 2. The number of anilines is 2. The molecule has 2 fully saturated rings. The molecule has 0 aliphatic carbocycles. The first-order chi connectivity index (χ1) is 15.5. The molecule has 2 N–H and O–H groups in total. The predicted molar refractivity (Wildman–Crippen MR) is 130 cm³/mol. The van der Waals surface area contributed by atoms with Gasteiger partial charge >= 0.3 is 0 Å². The van der Waals surface area contributed by atoms with Gasteiger partial charge in [-0.05, 0) is 62.6 Å². The third-order valence-corrected chi connectivity index (χ3v) is 6.92. The van der Waals surface area contributed by atoms with E-state index in [1.165, 1.54) is 0 Å². The van der Waals surface area contributed by atoms with E-state index in [9.17, 15) is 9.59 Å². The lowest BCUT2D eigenvalue weighted by Gasteiger charge is -2.33. The van der Waals surface area contributed by atoms with E-state index in [2.05, 4.69) is 36.3 Å². The fourth-order valence-corrected chi connectivity index (χ4v) is 4.64. The zero-order chi connectivity index (χ0) is 22.9. The Bertz CT molecular complexity index is 753. The predicted octanol–water partition coefficient (Wildman–Crippen LogP) is 4.99. The fraction of sp³-hybridized carbons (Fsp3) is 0.692. The molecule has 0 saturated carbocycles. The first-order valence-corrected chi connectivity index (χ1v) is 12.6. The Labute approximate surface area is 193 Å². The van der Waals surface area contributed by atoms with Crippen LogP contribution < -0.4 is 15.5 Å². The van der Waals surface area contributed by atoms with Gasteiger partial charge in [-0.25, -0.2) is 0 Å². The molecule has 2 amide bonds. The van der Waals surface area contributed by atoms with Crippen LogP contribution in [-0.2, 0) is 9.53 Å². The molecule has 1 aromatic rings. The van der Waals surface area contributed by atoms with Crippen LogP contribution in [0, 0.1) is 11.8 Å². The van der Waals surface area contributed by atoms with Crippen molar-refractivity contribution < 1.29 is 14.3 Å². The molecule has 32 heavy (non-hydrogen) atoms. The lowest BCUT2D eigenvalue weighted by Crippen LogP contribution is -2.36. The Kier molecular flexibility index (Phi) is 9.39. The van der Waals surface area contributed by atoms with E-state index in [4.69, 9.17) is 4.74 Å². The average Bonchev–Trinajstić information content (AvgIpc) is 3.32. The Morgan fingerprint density at radius 1 is 1.19 bits per heavy atom. The molecule has 0 radical (unpaired) electrons. The van der Waals surface area contributed by atoms with Crippen molar-refractivity contribution in [1.29, 1.82) is 0 Å². The van der Waals surface area contributed by atoms with Gasteiger partial charge in [-0.1, -0.05) is 33.6 Å². The van der Waals surface area contributed by atoms with Gasteiger partial charge in [-0.3, -0.25) is 9.59 Å². The third-order valence-electron chi connectivity index (χ3n) is 6.92. The summed E-state index contributed by atoms with van der Waals surface area (Å²) in [4.78, 5) is 28.3. The van der Waals surface area contributed by atoms with Crippen LogP contribution in [0.15, 0.2) is 18.2 Å². The molecule has 0 spiro atoms. The molecule has 0 aromatic heterocycles. The van der Waals surface area contributed by atoms with Crippen molar-refractivity contribution in [2.75, 3.05) is 36.5 Å². The van der Waals surface area contributed by atoms with Crippen LogP contribution in [0.3, 0.4) is 0 Å². The van der Waals surface area contributed by atoms with Crippen molar-refractivity contribution in [3.8, 4) is 0 Å². The van der Waals surface area contributed by atoms with E-state index in [0.29, 0.717) is 17.8 Å². The Hall–Kier alpha value is -2.08. The molecule has 3 rings (SSSR count). The van der Waals surface area contributed by atoms with Gasteiger partial charge < -0.3 is 20.3 Å². The Morgan fingerprint density at radius 2 is 1.97 bits per heavy atom. The van der Waals surface area contributed by atoms with E-state index in [0.717, 1.165) is 82.7 Å². The molecule has 2 aliphatic heterocycles. The van der Waals surface area contributed by atoms with Crippen LogP contribution in [0.1, 0.15) is 82.5 Å². The standard InChI is InChI=1S/C26H41N3O3/c1-4-6-8-20(5-2)25(30)28-21-10-11-24(29-14-12-19(3)13-15-29)23(17-21)26(31)27-18-22-9-7-16-32-22/h10-11,17,19-20,22H,4-9,12-16,18H2,1-3H3,(H,27,31)(H,28,30). The number of rotatable bonds is 10. The van der Waals surface area contributed by atoms with Crippen molar-refractivity contribution in [1.82, 2.24) is 5.32 Å². The third kappa shape index (κ3) is 6.71. The van der Waals surface area contributed by atoms with Crippen LogP contribution >= 0.6 is 0 Å². The van der Waals surface area contributed by atoms with Gasteiger partial charge in [0, 0.05) is 43.5 Å². The van der Waals surface area contributed by atoms with E-state index in [1.807, 2.05) is 18.2 Å². The van der Waals surface area contributed by atoms with Gasteiger partial charge in [0.2, 0.25) is 5.91 Å². The van der Waals surface area contributed by atoms with Gasteiger partial charge in [-0.2, -0.15) is 0 Å². The Morgan fingerprint density at radius 3 is 2.62 bits per heavy atom. The van der Waals surface area contributed by atoms with Gasteiger partial charge in [0.25, 0.3) is 5.91 Å². The number of amides is 2. The zero-order valence-corrected chi connectivity index (χ0v) is 20.1. The molecule has 2 saturated heterocycles. The van der Waals surface area contributed by atoms with E-state index in [1.54, 1.807) is 0 Å². The zero-order valence-electron chi connectivity index (χ0n) is 20.1. The van der Waals surface area contributed by atoms with Crippen molar-refractivity contribution >= 4 is 23.2 Å². The minimum absolute atomic E-state index is 0.00926. The molecular weight excluding hydrogens is 402 g/mol. The summed E-state index contributed by atoms with van der Waals surface area (Å²) < 4.78 is 5.66. The van der Waals surface area contributed by atoms with E-state index in [-0.39, 0.29) is 23.8 Å². The highest BCUT2D eigenvalue weighted by atomic mass is 16.5. The number of benzene rings is 1. The monoisotopic (exact) mass is 443 g/mol. The molecule has 2 heterocycles. The minimum atomic E-state index is -0.0942. The van der Waals surface area contributed by atoms with Crippen molar-refractivity contribution in [2.45, 2.75) is 78.2 Å². The SMILES string of the molecule is CCCCC(CC)C(=O)Nc1ccc(N2CCC(C)CC2)c(C(=O)NCC2CCCO2)c1. The van der Waals surface area contributed by atoms with Crippen molar-refractivity contribution in [3.63, 3.8) is 0 Å². The molecule has 2 aliphatic rings. The largest absolute Gasteiger partial charge is 0.376 e. The fourth-order valence-electron chi connectivity index (χ4n) is 4.64. The number of ether oxygens (including phenoxy) is 1. The summed E-state index contributed by atoms with van der Waals surface area (Å²) >= 11 is 0. The molecule has 2 atom stereocenters. The van der Waals surface area contributed by atoms with Crippen molar-refractivity contribution in [3.05, 3.63) is 23.8 Å². The van der Waals surface area contributed by atoms with Crippen LogP contribution in [0.2, 0.25) is 0 Å². The van der Waals surface area contributed by atoms with Gasteiger partial charge in [0.1, 0.15) is 0 Å². The van der Waals surface area contributed by atoms with Gasteiger partial charge in [-0.15, -0.1) is 0 Å². The topological polar surface area (TPSA) is 70.7 Å². The summed E-state index contributed by atoms with van der Waals surface area (Å²) in [6, 6.07) is 5.79. The number of piperidine rings is 1. The summed E-state index contributed by atoms with van der Waals surface area (Å²) in [6.45, 7) is 9.70. The lowest BCUT2D eigenvalue weighted by molar-refractivity contribution is -0.120. The average molecular weight is 444 g/mol. The lowest BCUT2D eigenvalue weighted by atomic mass is 9.97. The maximum atomic E-state index is 13.2. The van der Waals surface area contributed by atoms with Crippen LogP contribution in [0.4, 0.5) is 11.4 Å². The van der Waals surface area contributed by atoms with E-state index < -0.39 is 0 Å². The molecular formula is C26H41N3O3. The highest BCUT2D eigenvalue weighted by Crippen LogP contribution is 2.29. The number of hydrogen-bond acceptors (Lipinski definition) is 4. The van der Waals surface area contributed by atoms with Crippen LogP contribution in [0.5, 0.6) is 0 Å². The number of unbranched alkanes of at least 4 members (excludes halogenated alkanes) is 1. The van der Waals surface area contributed by atoms with E-state index >= 15 is 0 Å². The first kappa shape index (κ1) is 24.6. The minimum Gasteiger partial charge on any atom is -0.376 e. The highest BCUT2D eigenvalue weighted by molar-refractivity contribution is 6.02. The molecule has 1 aromatic carbocycles. The van der Waals surface area contributed by atoms with Crippen LogP contribution in [-0.4, -0.2) is 44.2 Å². The maximum Gasteiger partial charge on any atom is 0.253 e. The molecule has 178 valence electrons. The highest BCUT2D eigenvalue weighted by Gasteiger charge is 2.24. The summed E-state index contributed by atoms with van der Waals surface area (Å²) in [5.41, 5.74) is 2.29. The molecule has 2 unspecified atom stereocenters. The van der Waals surface area contributed by atoms with Crippen molar-refractivity contribution in [2.24, 2.45) is 11.8 Å². The molecule has 0 bridgehead atoms. The summed E-state index contributed by atoms with van der Waals surface area (Å²) in [6.07, 6.45) is 8.26. The number of hydrogen-bond donors (Lipinski definition) is 2. The smallest absolute Gasteiger partial charge is 0.253 e. The quantitative estimate of drug-likeness (QED) is 0.535. The second-order valence-electron chi connectivity index (χ2n) is 9.48. The molecule has 6 nitrogen and oxygen atoms in total. The Balaban J connectivity index is 1.76. The van der Waals surface area contributed by atoms with Gasteiger partial charge in [0.15, 0.2) is 0 Å². The summed E-state index contributed by atoms with van der Waals surface area (Å²) in [5.74, 6) is 0.681.